The summed E-state index contributed by atoms with van der Waals surface area (Å²) < 4.78 is 7.61. The van der Waals surface area contributed by atoms with Crippen LogP contribution in [0, 0.1) is 0 Å². The Bertz CT molecular complexity index is 1000. The zero-order valence-electron chi connectivity index (χ0n) is 14.3. The maximum atomic E-state index is 5.17. The molecule has 2 heterocycles. The van der Waals surface area contributed by atoms with Crippen LogP contribution in [0.1, 0.15) is 5.56 Å². The molecule has 0 atom stereocenters. The maximum Gasteiger partial charge on any atom is 0.221 e. The molecular formula is C17H15N7OS2. The minimum atomic E-state index is 0.638. The zero-order valence-corrected chi connectivity index (χ0v) is 15.9. The first-order valence-electron chi connectivity index (χ1n) is 8.04. The topological polar surface area (TPSA) is 90.6 Å². The SMILES string of the molecule is COc1ccc(CNc2nnc(Sc3nnnn3-c3ccccc3)s2)cc1. The average molecular weight is 397 g/mol. The van der Waals surface area contributed by atoms with Crippen molar-refractivity contribution in [1.29, 1.82) is 0 Å². The van der Waals surface area contributed by atoms with Crippen LogP contribution in [0.25, 0.3) is 5.69 Å². The van der Waals surface area contributed by atoms with E-state index in [1.165, 1.54) is 23.1 Å². The smallest absolute Gasteiger partial charge is 0.221 e. The molecule has 0 fully saturated rings. The highest BCUT2D eigenvalue weighted by Crippen LogP contribution is 2.31. The van der Waals surface area contributed by atoms with Crippen molar-refractivity contribution in [2.45, 2.75) is 16.0 Å². The number of nitrogens with one attached hydrogen (secondary N) is 1. The van der Waals surface area contributed by atoms with Gasteiger partial charge in [-0.05, 0) is 52.0 Å². The van der Waals surface area contributed by atoms with Crippen LogP contribution in [-0.4, -0.2) is 37.5 Å². The van der Waals surface area contributed by atoms with Crippen molar-refractivity contribution in [3.05, 3.63) is 60.2 Å². The molecule has 2 aromatic carbocycles. The van der Waals surface area contributed by atoms with E-state index in [2.05, 4.69) is 31.0 Å². The molecule has 27 heavy (non-hydrogen) atoms. The van der Waals surface area contributed by atoms with Gasteiger partial charge in [0, 0.05) is 6.54 Å². The first-order chi connectivity index (χ1) is 13.3. The molecule has 4 rings (SSSR count). The van der Waals surface area contributed by atoms with Gasteiger partial charge in [0.2, 0.25) is 10.3 Å². The Hall–Kier alpha value is -2.98. The summed E-state index contributed by atoms with van der Waals surface area (Å²) in [6.07, 6.45) is 0. The monoisotopic (exact) mass is 397 g/mol. The Kier molecular flexibility index (Phi) is 5.26. The quantitative estimate of drug-likeness (QED) is 0.508. The Morgan fingerprint density at radius 3 is 2.63 bits per heavy atom. The summed E-state index contributed by atoms with van der Waals surface area (Å²) >= 11 is 2.84. The normalized spacial score (nSPS) is 10.7. The van der Waals surface area contributed by atoms with Crippen molar-refractivity contribution in [1.82, 2.24) is 30.4 Å². The van der Waals surface area contributed by atoms with Crippen molar-refractivity contribution in [3.8, 4) is 11.4 Å². The Morgan fingerprint density at radius 2 is 1.85 bits per heavy atom. The summed E-state index contributed by atoms with van der Waals surface area (Å²) in [5.41, 5.74) is 2.03. The molecule has 1 N–H and O–H groups in total. The number of hydrogen-bond acceptors (Lipinski definition) is 9. The molecule has 2 aromatic heterocycles. The van der Waals surface area contributed by atoms with Gasteiger partial charge in [0.1, 0.15) is 5.75 Å². The molecule has 10 heteroatoms. The number of aromatic nitrogens is 6. The van der Waals surface area contributed by atoms with Gasteiger partial charge in [-0.3, -0.25) is 0 Å². The molecular weight excluding hydrogens is 382 g/mol. The number of tetrazole rings is 1. The summed E-state index contributed by atoms with van der Waals surface area (Å²) in [6, 6.07) is 17.6. The second kappa shape index (κ2) is 8.14. The van der Waals surface area contributed by atoms with Crippen LogP contribution in [0.2, 0.25) is 0 Å². The van der Waals surface area contributed by atoms with Crippen LogP contribution in [0.4, 0.5) is 5.13 Å². The molecule has 0 radical (unpaired) electrons. The van der Waals surface area contributed by atoms with Gasteiger partial charge in [-0.15, -0.1) is 15.3 Å². The molecule has 4 aromatic rings. The van der Waals surface area contributed by atoms with Crippen LogP contribution < -0.4 is 10.1 Å². The number of anilines is 1. The molecule has 8 nitrogen and oxygen atoms in total. The van der Waals surface area contributed by atoms with E-state index >= 15 is 0 Å². The second-order valence-corrected chi connectivity index (χ2v) is 7.58. The van der Waals surface area contributed by atoms with E-state index in [1.54, 1.807) is 11.8 Å². The summed E-state index contributed by atoms with van der Waals surface area (Å²) in [4.78, 5) is 0. The zero-order chi connectivity index (χ0) is 18.5. The minimum Gasteiger partial charge on any atom is -0.497 e. The van der Waals surface area contributed by atoms with E-state index in [9.17, 15) is 0 Å². The van der Waals surface area contributed by atoms with E-state index < -0.39 is 0 Å². The maximum absolute atomic E-state index is 5.17. The van der Waals surface area contributed by atoms with Crippen LogP contribution in [0.15, 0.2) is 64.1 Å². The summed E-state index contributed by atoms with van der Waals surface area (Å²) in [5, 5.41) is 24.9. The lowest BCUT2D eigenvalue weighted by Gasteiger charge is -2.04. The molecule has 0 amide bonds. The molecule has 0 spiro atoms. The van der Waals surface area contributed by atoms with Gasteiger partial charge < -0.3 is 10.1 Å². The average Bonchev–Trinajstić information content (AvgIpc) is 3.37. The van der Waals surface area contributed by atoms with Gasteiger partial charge in [0.05, 0.1) is 12.8 Å². The molecule has 136 valence electrons. The van der Waals surface area contributed by atoms with Crippen LogP contribution in [0.3, 0.4) is 0 Å². The van der Waals surface area contributed by atoms with Crippen molar-refractivity contribution in [2.24, 2.45) is 0 Å². The summed E-state index contributed by atoms with van der Waals surface area (Å²) in [7, 11) is 1.65. The van der Waals surface area contributed by atoms with Crippen molar-refractivity contribution in [3.63, 3.8) is 0 Å². The Morgan fingerprint density at radius 1 is 1.04 bits per heavy atom. The van der Waals surface area contributed by atoms with E-state index in [-0.39, 0.29) is 0 Å². The number of para-hydroxylation sites is 1. The second-order valence-electron chi connectivity index (χ2n) is 5.39. The molecule has 0 aliphatic carbocycles. The lowest BCUT2D eigenvalue weighted by molar-refractivity contribution is 0.414. The predicted molar refractivity (Wildman–Crippen MR) is 104 cm³/mol. The third kappa shape index (κ3) is 4.23. The van der Waals surface area contributed by atoms with Gasteiger partial charge in [0.25, 0.3) is 0 Å². The lowest BCUT2D eigenvalue weighted by atomic mass is 10.2. The minimum absolute atomic E-state index is 0.638. The van der Waals surface area contributed by atoms with Crippen LogP contribution in [-0.2, 0) is 6.54 Å². The molecule has 0 aliphatic heterocycles. The van der Waals surface area contributed by atoms with E-state index in [0.29, 0.717) is 11.7 Å². The number of nitrogens with zero attached hydrogens (tertiary/aromatic N) is 6. The standard InChI is InChI=1S/C17H15N7OS2/c1-25-14-9-7-12(8-10-14)11-18-15-19-21-17(26-15)27-16-20-22-23-24(16)13-5-3-2-4-6-13/h2-10H,11H2,1H3,(H,18,19). The Balaban J connectivity index is 1.41. The van der Waals surface area contributed by atoms with E-state index in [0.717, 1.165) is 26.5 Å². The highest BCUT2D eigenvalue weighted by Gasteiger charge is 2.13. The fourth-order valence-corrected chi connectivity index (χ4v) is 3.94. The molecule has 0 saturated carbocycles. The lowest BCUT2D eigenvalue weighted by Crippen LogP contribution is -1.98. The molecule has 0 aliphatic rings. The first-order valence-corrected chi connectivity index (χ1v) is 9.67. The van der Waals surface area contributed by atoms with Crippen LogP contribution in [0.5, 0.6) is 5.75 Å². The first kappa shape index (κ1) is 17.4. The van der Waals surface area contributed by atoms with Gasteiger partial charge in [0.15, 0.2) is 4.34 Å². The highest BCUT2D eigenvalue weighted by atomic mass is 32.2. The van der Waals surface area contributed by atoms with Gasteiger partial charge in [-0.25, -0.2) is 0 Å². The fraction of sp³-hybridized carbons (Fsp3) is 0.118. The summed E-state index contributed by atoms with van der Waals surface area (Å²) in [5.74, 6) is 0.837. The third-order valence-electron chi connectivity index (χ3n) is 3.63. The molecule has 0 unspecified atom stereocenters. The van der Waals surface area contributed by atoms with Gasteiger partial charge in [-0.2, -0.15) is 4.68 Å². The largest absolute Gasteiger partial charge is 0.497 e. The fourth-order valence-electron chi connectivity index (χ4n) is 2.30. The molecule has 0 saturated heterocycles. The van der Waals surface area contributed by atoms with Crippen molar-refractivity contribution < 1.29 is 4.74 Å². The number of benzene rings is 2. The van der Waals surface area contributed by atoms with Gasteiger partial charge >= 0.3 is 0 Å². The highest BCUT2D eigenvalue weighted by molar-refractivity contribution is 8.00. The van der Waals surface area contributed by atoms with E-state index in [4.69, 9.17) is 4.74 Å². The predicted octanol–water partition coefficient (Wildman–Crippen LogP) is 3.29. The number of hydrogen-bond donors (Lipinski definition) is 1. The van der Waals surface area contributed by atoms with E-state index in [1.807, 2.05) is 54.6 Å². The van der Waals surface area contributed by atoms with Crippen molar-refractivity contribution >= 4 is 28.2 Å². The number of ether oxygens (including phenoxy) is 1. The number of methoxy groups -OCH3 is 1. The van der Waals surface area contributed by atoms with Crippen molar-refractivity contribution in [2.75, 3.05) is 12.4 Å². The summed E-state index contributed by atoms with van der Waals surface area (Å²) in [6.45, 7) is 0.658. The third-order valence-corrected chi connectivity index (χ3v) is 5.50. The van der Waals surface area contributed by atoms with Gasteiger partial charge in [-0.1, -0.05) is 41.7 Å². The van der Waals surface area contributed by atoms with Crippen LogP contribution >= 0.6 is 23.1 Å². The molecule has 0 bridgehead atoms. The number of rotatable bonds is 7. The Labute approximate surface area is 163 Å².